The lowest BCUT2D eigenvalue weighted by Crippen LogP contribution is -2.17. The third kappa shape index (κ3) is 2.81. The predicted octanol–water partition coefficient (Wildman–Crippen LogP) is 2.88. The number of carbonyl (C=O) groups excluding carboxylic acids is 1. The molecule has 1 aromatic heterocycles. The van der Waals surface area contributed by atoms with Gasteiger partial charge in [0.2, 0.25) is 5.88 Å². The topological polar surface area (TPSA) is 91.4 Å². The van der Waals surface area contributed by atoms with Gasteiger partial charge >= 0.3 is 0 Å². The summed E-state index contributed by atoms with van der Waals surface area (Å²) >= 11 is 0. The molecule has 0 aliphatic rings. The summed E-state index contributed by atoms with van der Waals surface area (Å²) in [6.45, 7) is 2.31. The van der Waals surface area contributed by atoms with Crippen molar-refractivity contribution in [1.29, 1.82) is 0 Å². The first-order chi connectivity index (χ1) is 11.6. The molecule has 122 valence electrons. The fourth-order valence-electron chi connectivity index (χ4n) is 2.53. The second-order valence-corrected chi connectivity index (χ2v) is 5.11. The van der Waals surface area contributed by atoms with Crippen LogP contribution in [0.1, 0.15) is 17.3 Å². The van der Waals surface area contributed by atoms with E-state index in [1.807, 2.05) is 6.92 Å². The Labute approximate surface area is 137 Å². The lowest BCUT2D eigenvalue weighted by Gasteiger charge is -2.13. The van der Waals surface area contributed by atoms with Gasteiger partial charge in [-0.15, -0.1) is 0 Å². The zero-order valence-corrected chi connectivity index (χ0v) is 13.0. The summed E-state index contributed by atoms with van der Waals surface area (Å²) in [5.74, 6) is -0.473. The number of H-pyrrole nitrogens is 1. The number of rotatable bonds is 4. The van der Waals surface area contributed by atoms with E-state index in [4.69, 9.17) is 4.74 Å². The van der Waals surface area contributed by atoms with Crippen LogP contribution in [0.3, 0.4) is 0 Å². The van der Waals surface area contributed by atoms with Crippen molar-refractivity contribution in [2.45, 2.75) is 6.92 Å². The number of pyridine rings is 1. The Bertz CT molecular complexity index is 963. The van der Waals surface area contributed by atoms with Gasteiger partial charge in [-0.2, -0.15) is 0 Å². The Morgan fingerprint density at radius 1 is 1.12 bits per heavy atom. The van der Waals surface area contributed by atoms with Crippen LogP contribution in [-0.2, 0) is 0 Å². The Morgan fingerprint density at radius 3 is 2.54 bits per heavy atom. The lowest BCUT2D eigenvalue weighted by atomic mass is 10.1. The number of aromatic amines is 1. The maximum Gasteiger partial charge on any atom is 0.261 e. The Balaban J connectivity index is 2.06. The largest absolute Gasteiger partial charge is 0.494 e. The summed E-state index contributed by atoms with van der Waals surface area (Å²) in [5.41, 5.74) is 0.0462. The van der Waals surface area contributed by atoms with Crippen LogP contribution in [0.2, 0.25) is 0 Å². The Kier molecular flexibility index (Phi) is 4.20. The van der Waals surface area contributed by atoms with Crippen molar-refractivity contribution in [2.24, 2.45) is 0 Å². The van der Waals surface area contributed by atoms with Gasteiger partial charge in [0.15, 0.2) is 0 Å². The van der Waals surface area contributed by atoms with Crippen molar-refractivity contribution in [3.8, 4) is 11.6 Å². The third-order valence-corrected chi connectivity index (χ3v) is 3.57. The van der Waals surface area contributed by atoms with E-state index in [1.54, 1.807) is 48.5 Å². The molecule has 1 amide bonds. The molecule has 0 spiro atoms. The molecule has 6 nitrogen and oxygen atoms in total. The minimum Gasteiger partial charge on any atom is -0.494 e. The van der Waals surface area contributed by atoms with Crippen LogP contribution in [0.5, 0.6) is 11.6 Å². The highest BCUT2D eigenvalue weighted by atomic mass is 16.5. The van der Waals surface area contributed by atoms with Gasteiger partial charge in [0, 0.05) is 10.8 Å². The van der Waals surface area contributed by atoms with Gasteiger partial charge in [-0.3, -0.25) is 14.6 Å². The highest BCUT2D eigenvalue weighted by Crippen LogP contribution is 2.27. The fourth-order valence-corrected chi connectivity index (χ4v) is 2.53. The van der Waals surface area contributed by atoms with Crippen LogP contribution < -0.4 is 15.6 Å². The van der Waals surface area contributed by atoms with E-state index >= 15 is 0 Å². The molecule has 6 heteroatoms. The minimum absolute atomic E-state index is 0.0106. The number of para-hydroxylation sites is 2. The van der Waals surface area contributed by atoms with E-state index in [1.165, 1.54) is 0 Å². The third-order valence-electron chi connectivity index (χ3n) is 3.57. The molecule has 0 atom stereocenters. The second kappa shape index (κ2) is 6.45. The SMILES string of the molecule is CCOc1ccccc1NC(=O)c1c(O)[nH]c(=O)c2ccccc12. The molecule has 3 aromatic rings. The molecule has 2 aromatic carbocycles. The molecule has 0 radical (unpaired) electrons. The van der Waals surface area contributed by atoms with Gasteiger partial charge < -0.3 is 15.2 Å². The van der Waals surface area contributed by atoms with Gasteiger partial charge in [-0.1, -0.05) is 30.3 Å². The standard InChI is InChI=1S/C18H16N2O4/c1-2-24-14-10-6-5-9-13(14)19-17(22)15-11-7-3-4-8-12(11)16(21)20-18(15)23/h3-10H,2H2,1H3,(H,19,22)(H2,20,21,23). The summed E-state index contributed by atoms with van der Waals surface area (Å²) in [5, 5.41) is 13.5. The number of fused-ring (bicyclic) bond motifs is 1. The molecule has 0 saturated heterocycles. The molecule has 0 aliphatic heterocycles. The smallest absolute Gasteiger partial charge is 0.261 e. The highest BCUT2D eigenvalue weighted by molar-refractivity contribution is 6.14. The Morgan fingerprint density at radius 2 is 1.79 bits per heavy atom. The monoisotopic (exact) mass is 324 g/mol. The van der Waals surface area contributed by atoms with Crippen molar-refractivity contribution >= 4 is 22.4 Å². The molecule has 0 saturated carbocycles. The molecular weight excluding hydrogens is 308 g/mol. The van der Waals surface area contributed by atoms with Crippen molar-refractivity contribution in [3.05, 3.63) is 64.4 Å². The zero-order chi connectivity index (χ0) is 17.1. The Hall–Kier alpha value is -3.28. The average molecular weight is 324 g/mol. The number of anilines is 1. The number of carbonyl (C=O) groups is 1. The van der Waals surface area contributed by atoms with Gasteiger partial charge in [0.25, 0.3) is 11.5 Å². The molecule has 3 rings (SSSR count). The maximum atomic E-state index is 12.7. The second-order valence-electron chi connectivity index (χ2n) is 5.11. The molecule has 1 heterocycles. The van der Waals surface area contributed by atoms with Gasteiger partial charge in [0.05, 0.1) is 12.3 Å². The van der Waals surface area contributed by atoms with Crippen LogP contribution in [-0.4, -0.2) is 22.6 Å². The van der Waals surface area contributed by atoms with E-state index in [9.17, 15) is 14.7 Å². The number of aromatic nitrogens is 1. The van der Waals surface area contributed by atoms with Crippen LogP contribution in [0.4, 0.5) is 5.69 Å². The highest BCUT2D eigenvalue weighted by Gasteiger charge is 2.19. The summed E-state index contributed by atoms with van der Waals surface area (Å²) in [7, 11) is 0. The normalized spacial score (nSPS) is 10.5. The molecule has 0 aliphatic carbocycles. The summed E-state index contributed by atoms with van der Waals surface area (Å²) < 4.78 is 5.48. The van der Waals surface area contributed by atoms with Crippen molar-refractivity contribution in [2.75, 3.05) is 11.9 Å². The first-order valence-electron chi connectivity index (χ1n) is 7.49. The minimum atomic E-state index is -0.535. The number of benzene rings is 2. The maximum absolute atomic E-state index is 12.7. The fraction of sp³-hybridized carbons (Fsp3) is 0.111. The van der Waals surface area contributed by atoms with Crippen LogP contribution in [0.25, 0.3) is 10.8 Å². The van der Waals surface area contributed by atoms with Crippen molar-refractivity contribution < 1.29 is 14.6 Å². The van der Waals surface area contributed by atoms with Gasteiger partial charge in [0.1, 0.15) is 11.3 Å². The van der Waals surface area contributed by atoms with Crippen molar-refractivity contribution in [1.82, 2.24) is 4.98 Å². The molecule has 0 fully saturated rings. The van der Waals surface area contributed by atoms with Crippen molar-refractivity contribution in [3.63, 3.8) is 0 Å². The zero-order valence-electron chi connectivity index (χ0n) is 13.0. The number of ether oxygens (including phenoxy) is 1. The van der Waals surface area contributed by atoms with Crippen LogP contribution >= 0.6 is 0 Å². The summed E-state index contributed by atoms with van der Waals surface area (Å²) in [6, 6.07) is 13.6. The van der Waals surface area contributed by atoms with Crippen LogP contribution in [0, 0.1) is 0 Å². The van der Waals surface area contributed by atoms with E-state index in [-0.39, 0.29) is 5.56 Å². The lowest BCUT2D eigenvalue weighted by molar-refractivity contribution is 0.102. The quantitative estimate of drug-likeness (QED) is 0.688. The summed E-state index contributed by atoms with van der Waals surface area (Å²) in [4.78, 5) is 26.9. The van der Waals surface area contributed by atoms with E-state index in [0.717, 1.165) is 0 Å². The molecule has 24 heavy (non-hydrogen) atoms. The average Bonchev–Trinajstić information content (AvgIpc) is 2.57. The van der Waals surface area contributed by atoms with Crippen LogP contribution in [0.15, 0.2) is 53.3 Å². The number of hydrogen-bond acceptors (Lipinski definition) is 4. The number of amides is 1. The first-order valence-corrected chi connectivity index (χ1v) is 7.49. The molecule has 0 unspecified atom stereocenters. The van der Waals surface area contributed by atoms with Gasteiger partial charge in [-0.05, 0) is 25.1 Å². The van der Waals surface area contributed by atoms with E-state index in [2.05, 4.69) is 10.3 Å². The molecule has 3 N–H and O–H groups in total. The van der Waals surface area contributed by atoms with E-state index < -0.39 is 17.3 Å². The number of aromatic hydroxyl groups is 1. The first kappa shape index (κ1) is 15.6. The summed E-state index contributed by atoms with van der Waals surface area (Å²) in [6.07, 6.45) is 0. The number of nitrogens with one attached hydrogen (secondary N) is 2. The predicted molar refractivity (Wildman–Crippen MR) is 91.8 cm³/mol. The number of hydrogen-bond donors (Lipinski definition) is 3. The van der Waals surface area contributed by atoms with Gasteiger partial charge in [-0.25, -0.2) is 0 Å². The van der Waals surface area contributed by atoms with E-state index in [0.29, 0.717) is 28.8 Å². The molecular formula is C18H16N2O4. The molecule has 0 bridgehead atoms.